The van der Waals surface area contributed by atoms with Crippen LogP contribution in [0.1, 0.15) is 36.4 Å². The van der Waals surface area contributed by atoms with Crippen molar-refractivity contribution < 1.29 is 13.9 Å². The molecule has 100 valence electrons. The summed E-state index contributed by atoms with van der Waals surface area (Å²) in [7, 11) is 0. The smallest absolute Gasteiger partial charge is 0.341 e. The normalized spacial score (nSPS) is 10.4. The molecule has 1 aromatic carbocycles. The van der Waals surface area contributed by atoms with Crippen LogP contribution >= 0.6 is 0 Å². The zero-order chi connectivity index (χ0) is 13.7. The average Bonchev–Trinajstić information content (AvgIpc) is 2.85. The Hall–Kier alpha value is -2.03. The molecule has 0 spiro atoms. The Labute approximate surface area is 113 Å². The topological polar surface area (TPSA) is 39.4 Å². The van der Waals surface area contributed by atoms with Crippen molar-refractivity contribution >= 4 is 5.97 Å². The van der Waals surface area contributed by atoms with E-state index in [0.29, 0.717) is 23.7 Å². The van der Waals surface area contributed by atoms with E-state index in [1.54, 1.807) is 13.0 Å². The van der Waals surface area contributed by atoms with Gasteiger partial charge in [0.2, 0.25) is 0 Å². The minimum absolute atomic E-state index is 0.308. The van der Waals surface area contributed by atoms with Crippen LogP contribution in [0.2, 0.25) is 0 Å². The molecule has 2 aromatic rings. The van der Waals surface area contributed by atoms with Gasteiger partial charge in [0, 0.05) is 12.0 Å². The first-order chi connectivity index (χ1) is 9.26. The Morgan fingerprint density at radius 3 is 2.58 bits per heavy atom. The molecule has 0 aliphatic rings. The van der Waals surface area contributed by atoms with Gasteiger partial charge in [0.05, 0.1) is 6.61 Å². The molecule has 0 radical (unpaired) electrons. The fourth-order valence-electron chi connectivity index (χ4n) is 1.97. The van der Waals surface area contributed by atoms with E-state index in [1.807, 2.05) is 30.3 Å². The molecule has 3 nitrogen and oxygen atoms in total. The molecule has 1 aromatic heterocycles. The van der Waals surface area contributed by atoms with Gasteiger partial charge < -0.3 is 9.15 Å². The summed E-state index contributed by atoms with van der Waals surface area (Å²) in [5.74, 6) is 1.11. The van der Waals surface area contributed by atoms with Crippen LogP contribution in [0.4, 0.5) is 0 Å². The molecule has 0 atom stereocenters. The molecule has 0 aliphatic heterocycles. The van der Waals surface area contributed by atoms with E-state index in [4.69, 9.17) is 9.15 Å². The number of aryl methyl sites for hydroxylation is 1. The Kier molecular flexibility index (Phi) is 4.39. The molecule has 0 saturated carbocycles. The SMILES string of the molecule is CCCc1oc(-c2ccccc2)cc1C(=O)OCC. The van der Waals surface area contributed by atoms with Crippen LogP contribution in [0.25, 0.3) is 11.3 Å². The highest BCUT2D eigenvalue weighted by Gasteiger charge is 2.18. The first-order valence-electron chi connectivity index (χ1n) is 6.61. The van der Waals surface area contributed by atoms with Crippen LogP contribution in [-0.4, -0.2) is 12.6 Å². The first-order valence-corrected chi connectivity index (χ1v) is 6.61. The third kappa shape index (κ3) is 3.05. The molecule has 0 aliphatic carbocycles. The van der Waals surface area contributed by atoms with Crippen molar-refractivity contribution in [3.05, 3.63) is 47.7 Å². The second kappa shape index (κ2) is 6.23. The fraction of sp³-hybridized carbons (Fsp3) is 0.312. The lowest BCUT2D eigenvalue weighted by Gasteiger charge is -2.00. The van der Waals surface area contributed by atoms with Crippen LogP contribution in [0, 0.1) is 0 Å². The number of benzene rings is 1. The van der Waals surface area contributed by atoms with Crippen LogP contribution in [0.3, 0.4) is 0 Å². The van der Waals surface area contributed by atoms with E-state index in [2.05, 4.69) is 6.92 Å². The predicted octanol–water partition coefficient (Wildman–Crippen LogP) is 4.08. The average molecular weight is 258 g/mol. The Morgan fingerprint density at radius 1 is 1.21 bits per heavy atom. The summed E-state index contributed by atoms with van der Waals surface area (Å²) in [4.78, 5) is 11.9. The molecule has 0 unspecified atom stereocenters. The molecule has 0 saturated heterocycles. The van der Waals surface area contributed by atoms with Crippen LogP contribution in [0.5, 0.6) is 0 Å². The molecule has 0 bridgehead atoms. The van der Waals surface area contributed by atoms with Gasteiger partial charge in [-0.2, -0.15) is 0 Å². The summed E-state index contributed by atoms with van der Waals surface area (Å²) < 4.78 is 10.9. The highest BCUT2D eigenvalue weighted by Crippen LogP contribution is 2.27. The van der Waals surface area contributed by atoms with Crippen molar-refractivity contribution in [1.82, 2.24) is 0 Å². The Balaban J connectivity index is 2.37. The zero-order valence-corrected chi connectivity index (χ0v) is 11.3. The number of hydrogen-bond donors (Lipinski definition) is 0. The Morgan fingerprint density at radius 2 is 1.95 bits per heavy atom. The number of ether oxygens (including phenoxy) is 1. The van der Waals surface area contributed by atoms with Gasteiger partial charge in [0.15, 0.2) is 0 Å². The van der Waals surface area contributed by atoms with E-state index < -0.39 is 0 Å². The Bertz CT molecular complexity index is 540. The summed E-state index contributed by atoms with van der Waals surface area (Å²) >= 11 is 0. The van der Waals surface area contributed by atoms with Gasteiger partial charge in [-0.05, 0) is 19.4 Å². The summed E-state index contributed by atoms with van der Waals surface area (Å²) in [6.45, 7) is 4.23. The van der Waals surface area contributed by atoms with Crippen molar-refractivity contribution in [2.24, 2.45) is 0 Å². The highest BCUT2D eigenvalue weighted by molar-refractivity contribution is 5.92. The third-order valence-corrected chi connectivity index (χ3v) is 2.84. The van der Waals surface area contributed by atoms with E-state index in [-0.39, 0.29) is 5.97 Å². The van der Waals surface area contributed by atoms with E-state index >= 15 is 0 Å². The standard InChI is InChI=1S/C16H18O3/c1-3-8-14-13(16(17)18-4-2)11-15(19-14)12-9-6-5-7-10-12/h5-7,9-11H,3-4,8H2,1-2H3. The quantitative estimate of drug-likeness (QED) is 0.759. The lowest BCUT2D eigenvalue weighted by Crippen LogP contribution is -2.05. The van der Waals surface area contributed by atoms with Crippen molar-refractivity contribution in [3.63, 3.8) is 0 Å². The summed E-state index contributed by atoms with van der Waals surface area (Å²) in [6.07, 6.45) is 1.66. The van der Waals surface area contributed by atoms with Gasteiger partial charge in [-0.1, -0.05) is 37.3 Å². The van der Waals surface area contributed by atoms with Gasteiger partial charge in [-0.3, -0.25) is 0 Å². The number of carbonyl (C=O) groups is 1. The van der Waals surface area contributed by atoms with Crippen LogP contribution < -0.4 is 0 Å². The lowest BCUT2D eigenvalue weighted by molar-refractivity contribution is 0.0524. The fourth-order valence-corrected chi connectivity index (χ4v) is 1.97. The number of rotatable bonds is 5. The van der Waals surface area contributed by atoms with E-state index in [1.165, 1.54) is 0 Å². The first kappa shape index (κ1) is 13.4. The lowest BCUT2D eigenvalue weighted by atomic mass is 10.1. The van der Waals surface area contributed by atoms with Gasteiger partial charge in [0.25, 0.3) is 0 Å². The summed E-state index contributed by atoms with van der Waals surface area (Å²) in [5.41, 5.74) is 1.51. The number of hydrogen-bond acceptors (Lipinski definition) is 3. The van der Waals surface area contributed by atoms with Crippen molar-refractivity contribution in [2.45, 2.75) is 26.7 Å². The largest absolute Gasteiger partial charge is 0.462 e. The maximum absolute atomic E-state index is 11.9. The number of furan rings is 1. The maximum atomic E-state index is 11.9. The second-order valence-electron chi connectivity index (χ2n) is 4.28. The molecule has 1 heterocycles. The van der Waals surface area contributed by atoms with Gasteiger partial charge >= 0.3 is 5.97 Å². The molecule has 0 N–H and O–H groups in total. The highest BCUT2D eigenvalue weighted by atomic mass is 16.5. The van der Waals surface area contributed by atoms with Gasteiger partial charge in [-0.15, -0.1) is 0 Å². The predicted molar refractivity (Wildman–Crippen MR) is 74.1 cm³/mol. The van der Waals surface area contributed by atoms with E-state index in [0.717, 1.165) is 18.4 Å². The second-order valence-corrected chi connectivity index (χ2v) is 4.28. The molecule has 3 heteroatoms. The van der Waals surface area contributed by atoms with Crippen molar-refractivity contribution in [3.8, 4) is 11.3 Å². The zero-order valence-electron chi connectivity index (χ0n) is 11.3. The summed E-state index contributed by atoms with van der Waals surface area (Å²) in [5, 5.41) is 0. The molecule has 19 heavy (non-hydrogen) atoms. The van der Waals surface area contributed by atoms with E-state index in [9.17, 15) is 4.79 Å². The molecule has 0 fully saturated rings. The van der Waals surface area contributed by atoms with Gasteiger partial charge in [0.1, 0.15) is 17.1 Å². The van der Waals surface area contributed by atoms with Crippen LogP contribution in [-0.2, 0) is 11.2 Å². The number of carbonyl (C=O) groups excluding carboxylic acids is 1. The summed E-state index contributed by atoms with van der Waals surface area (Å²) in [6, 6.07) is 11.5. The molecule has 2 rings (SSSR count). The third-order valence-electron chi connectivity index (χ3n) is 2.84. The maximum Gasteiger partial charge on any atom is 0.341 e. The molecular formula is C16H18O3. The molecule has 0 amide bonds. The minimum atomic E-state index is -0.308. The van der Waals surface area contributed by atoms with Crippen molar-refractivity contribution in [1.29, 1.82) is 0 Å². The van der Waals surface area contributed by atoms with Gasteiger partial charge in [-0.25, -0.2) is 4.79 Å². The van der Waals surface area contributed by atoms with Crippen molar-refractivity contribution in [2.75, 3.05) is 6.61 Å². The van der Waals surface area contributed by atoms with Crippen LogP contribution in [0.15, 0.2) is 40.8 Å². The molecular weight excluding hydrogens is 240 g/mol. The minimum Gasteiger partial charge on any atom is -0.462 e. The monoisotopic (exact) mass is 258 g/mol. The number of esters is 1.